The van der Waals surface area contributed by atoms with Gasteiger partial charge in [0, 0.05) is 7.05 Å². The van der Waals surface area contributed by atoms with Gasteiger partial charge < -0.3 is 9.84 Å². The predicted molar refractivity (Wildman–Crippen MR) is 38.3 cm³/mol. The van der Waals surface area contributed by atoms with E-state index >= 15 is 0 Å². The SMILES string of the molecule is Cn1cc(COCC(=O)O)nn1. The first-order valence-electron chi connectivity index (χ1n) is 3.33. The summed E-state index contributed by atoms with van der Waals surface area (Å²) >= 11 is 0. The number of carboxylic acid groups (broad SMARTS) is 1. The molecule has 0 saturated heterocycles. The van der Waals surface area contributed by atoms with Gasteiger partial charge in [-0.3, -0.25) is 4.68 Å². The molecule has 1 aromatic heterocycles. The van der Waals surface area contributed by atoms with Gasteiger partial charge in [0.15, 0.2) is 0 Å². The molecule has 0 unspecified atom stereocenters. The number of aliphatic carboxylic acids is 1. The second kappa shape index (κ2) is 3.82. The molecule has 0 fully saturated rings. The standard InChI is InChI=1S/C6H9N3O3/c1-9-2-5(7-8-9)3-12-4-6(10)11/h2H,3-4H2,1H3,(H,10,11). The fraction of sp³-hybridized carbons (Fsp3) is 0.500. The van der Waals surface area contributed by atoms with E-state index in [4.69, 9.17) is 9.84 Å². The number of aryl methyl sites for hydroxylation is 1. The third kappa shape index (κ3) is 2.67. The number of rotatable bonds is 4. The van der Waals surface area contributed by atoms with E-state index in [9.17, 15) is 4.79 Å². The summed E-state index contributed by atoms with van der Waals surface area (Å²) in [4.78, 5) is 10.0. The fourth-order valence-electron chi connectivity index (χ4n) is 0.704. The highest BCUT2D eigenvalue weighted by Gasteiger charge is 2.00. The van der Waals surface area contributed by atoms with E-state index in [1.54, 1.807) is 13.2 Å². The molecule has 1 N–H and O–H groups in total. The number of carbonyl (C=O) groups is 1. The zero-order chi connectivity index (χ0) is 8.97. The topological polar surface area (TPSA) is 77.2 Å². The molecule has 0 bridgehead atoms. The van der Waals surface area contributed by atoms with Crippen molar-refractivity contribution in [3.63, 3.8) is 0 Å². The van der Waals surface area contributed by atoms with E-state index in [0.29, 0.717) is 5.69 Å². The van der Waals surface area contributed by atoms with Crippen LogP contribution in [-0.4, -0.2) is 32.7 Å². The zero-order valence-corrected chi connectivity index (χ0v) is 6.60. The minimum atomic E-state index is -0.987. The highest BCUT2D eigenvalue weighted by Crippen LogP contribution is 1.93. The average molecular weight is 171 g/mol. The summed E-state index contributed by atoms with van der Waals surface area (Å²) in [7, 11) is 1.73. The summed E-state index contributed by atoms with van der Waals surface area (Å²) in [6.45, 7) is -0.128. The molecular formula is C6H9N3O3. The van der Waals surface area contributed by atoms with Crippen molar-refractivity contribution in [1.29, 1.82) is 0 Å². The number of aromatic nitrogens is 3. The Labute approximate surface area is 68.8 Å². The van der Waals surface area contributed by atoms with Crippen LogP contribution in [0.3, 0.4) is 0 Å². The molecule has 0 saturated carbocycles. The molecule has 1 rings (SSSR count). The molecule has 0 spiro atoms. The van der Waals surface area contributed by atoms with Crippen LogP contribution in [0.2, 0.25) is 0 Å². The first-order valence-corrected chi connectivity index (χ1v) is 3.33. The molecule has 0 aromatic carbocycles. The van der Waals surface area contributed by atoms with Crippen molar-refractivity contribution >= 4 is 5.97 Å². The Hall–Kier alpha value is -1.43. The highest BCUT2D eigenvalue weighted by atomic mass is 16.5. The Morgan fingerprint density at radius 1 is 1.83 bits per heavy atom. The Morgan fingerprint density at radius 3 is 3.08 bits per heavy atom. The van der Waals surface area contributed by atoms with Crippen LogP contribution in [0.5, 0.6) is 0 Å². The van der Waals surface area contributed by atoms with Gasteiger partial charge in [0.05, 0.1) is 12.8 Å². The lowest BCUT2D eigenvalue weighted by atomic mass is 10.5. The molecule has 0 aliphatic heterocycles. The van der Waals surface area contributed by atoms with Gasteiger partial charge in [0.1, 0.15) is 12.3 Å². The van der Waals surface area contributed by atoms with Crippen LogP contribution in [0.15, 0.2) is 6.20 Å². The quantitative estimate of drug-likeness (QED) is 0.655. The molecule has 0 aliphatic carbocycles. The van der Waals surface area contributed by atoms with E-state index < -0.39 is 5.97 Å². The summed E-state index contributed by atoms with van der Waals surface area (Å²) in [6.07, 6.45) is 1.67. The van der Waals surface area contributed by atoms with E-state index in [1.165, 1.54) is 4.68 Å². The van der Waals surface area contributed by atoms with Crippen molar-refractivity contribution < 1.29 is 14.6 Å². The monoisotopic (exact) mass is 171 g/mol. The summed E-state index contributed by atoms with van der Waals surface area (Å²) in [5, 5.41) is 15.6. The summed E-state index contributed by atoms with van der Waals surface area (Å²) in [5.41, 5.74) is 0.624. The molecule has 1 aromatic rings. The third-order valence-electron chi connectivity index (χ3n) is 1.13. The predicted octanol–water partition coefficient (Wildman–Crippen LogP) is -0.584. The van der Waals surface area contributed by atoms with Crippen molar-refractivity contribution in [3.05, 3.63) is 11.9 Å². The van der Waals surface area contributed by atoms with E-state index in [0.717, 1.165) is 0 Å². The van der Waals surface area contributed by atoms with Gasteiger partial charge in [-0.1, -0.05) is 5.21 Å². The second-order valence-corrected chi connectivity index (χ2v) is 2.27. The van der Waals surface area contributed by atoms with Gasteiger partial charge in [-0.05, 0) is 0 Å². The van der Waals surface area contributed by atoms with Crippen LogP contribution in [0.1, 0.15) is 5.69 Å². The van der Waals surface area contributed by atoms with Crippen LogP contribution in [0.4, 0.5) is 0 Å². The van der Waals surface area contributed by atoms with Crippen LogP contribution in [0, 0.1) is 0 Å². The second-order valence-electron chi connectivity index (χ2n) is 2.27. The lowest BCUT2D eigenvalue weighted by Gasteiger charge is -1.94. The molecule has 6 heteroatoms. The third-order valence-corrected chi connectivity index (χ3v) is 1.13. The maximum absolute atomic E-state index is 10.0. The largest absolute Gasteiger partial charge is 0.480 e. The summed E-state index contributed by atoms with van der Waals surface area (Å²) in [6, 6.07) is 0. The molecule has 1 heterocycles. The molecule has 0 amide bonds. The van der Waals surface area contributed by atoms with Crippen LogP contribution in [0.25, 0.3) is 0 Å². The number of hydrogen-bond acceptors (Lipinski definition) is 4. The van der Waals surface area contributed by atoms with Gasteiger partial charge in [0.25, 0.3) is 0 Å². The molecule has 66 valence electrons. The number of ether oxygens (including phenoxy) is 1. The molecule has 0 radical (unpaired) electrons. The average Bonchev–Trinajstić information content (AvgIpc) is 2.35. The normalized spacial score (nSPS) is 10.1. The Morgan fingerprint density at radius 2 is 2.58 bits per heavy atom. The molecule has 12 heavy (non-hydrogen) atoms. The lowest BCUT2D eigenvalue weighted by molar-refractivity contribution is -0.142. The molecule has 0 aliphatic rings. The number of nitrogens with zero attached hydrogens (tertiary/aromatic N) is 3. The van der Waals surface area contributed by atoms with Gasteiger partial charge in [-0.25, -0.2) is 4.79 Å². The minimum absolute atomic E-state index is 0.181. The number of carboxylic acids is 1. The maximum atomic E-state index is 10.0. The van der Waals surface area contributed by atoms with Crippen molar-refractivity contribution in [3.8, 4) is 0 Å². The Bertz CT molecular complexity index is 271. The fourth-order valence-corrected chi connectivity index (χ4v) is 0.704. The highest BCUT2D eigenvalue weighted by molar-refractivity contribution is 5.67. The van der Waals surface area contributed by atoms with Crippen molar-refractivity contribution in [2.75, 3.05) is 6.61 Å². The molecular weight excluding hydrogens is 162 g/mol. The van der Waals surface area contributed by atoms with Gasteiger partial charge in [0.2, 0.25) is 0 Å². The molecule has 6 nitrogen and oxygen atoms in total. The summed E-state index contributed by atoms with van der Waals surface area (Å²) < 4.78 is 6.31. The van der Waals surface area contributed by atoms with Crippen LogP contribution in [-0.2, 0) is 23.2 Å². The lowest BCUT2D eigenvalue weighted by Crippen LogP contribution is -2.06. The van der Waals surface area contributed by atoms with E-state index in [2.05, 4.69) is 10.3 Å². The number of hydrogen-bond donors (Lipinski definition) is 1. The van der Waals surface area contributed by atoms with E-state index in [-0.39, 0.29) is 13.2 Å². The summed E-state index contributed by atoms with van der Waals surface area (Å²) in [5.74, 6) is -0.987. The van der Waals surface area contributed by atoms with Crippen LogP contribution >= 0.6 is 0 Å². The van der Waals surface area contributed by atoms with E-state index in [1.807, 2.05) is 0 Å². The van der Waals surface area contributed by atoms with Crippen molar-refractivity contribution in [2.45, 2.75) is 6.61 Å². The first kappa shape index (κ1) is 8.66. The van der Waals surface area contributed by atoms with Crippen molar-refractivity contribution in [2.24, 2.45) is 7.05 Å². The zero-order valence-electron chi connectivity index (χ0n) is 6.60. The first-order chi connectivity index (χ1) is 5.68. The minimum Gasteiger partial charge on any atom is -0.480 e. The van der Waals surface area contributed by atoms with Crippen LogP contribution < -0.4 is 0 Å². The van der Waals surface area contributed by atoms with Gasteiger partial charge in [-0.2, -0.15) is 0 Å². The Balaban J connectivity index is 2.29. The molecule has 0 atom stereocenters. The van der Waals surface area contributed by atoms with Gasteiger partial charge in [-0.15, -0.1) is 5.10 Å². The smallest absolute Gasteiger partial charge is 0.329 e. The van der Waals surface area contributed by atoms with Crippen molar-refractivity contribution in [1.82, 2.24) is 15.0 Å². The maximum Gasteiger partial charge on any atom is 0.329 e. The van der Waals surface area contributed by atoms with Gasteiger partial charge >= 0.3 is 5.97 Å². The Kier molecular flexibility index (Phi) is 2.76.